The van der Waals surface area contributed by atoms with Crippen LogP contribution in [0, 0.1) is 11.8 Å². The van der Waals surface area contributed by atoms with Crippen molar-refractivity contribution in [3.63, 3.8) is 0 Å². The highest BCUT2D eigenvalue weighted by molar-refractivity contribution is 5.74. The molecule has 0 aliphatic heterocycles. The standard InChI is InChI=1S/C15H28N2O/c1-10(16-4)9-15(13-5-6-13)11(2)17(12(3)18)14-7-8-14/h10-11,13-16H,5-9H2,1-4H3. The summed E-state index contributed by atoms with van der Waals surface area (Å²) >= 11 is 0. The van der Waals surface area contributed by atoms with Crippen LogP contribution < -0.4 is 5.32 Å². The third kappa shape index (κ3) is 3.25. The molecule has 0 aromatic carbocycles. The van der Waals surface area contributed by atoms with Crippen LogP contribution in [0.5, 0.6) is 0 Å². The van der Waals surface area contributed by atoms with Crippen molar-refractivity contribution in [3.05, 3.63) is 0 Å². The summed E-state index contributed by atoms with van der Waals surface area (Å²) in [6.45, 7) is 6.25. The van der Waals surface area contributed by atoms with E-state index >= 15 is 0 Å². The summed E-state index contributed by atoms with van der Waals surface area (Å²) in [5.74, 6) is 1.81. The van der Waals surface area contributed by atoms with E-state index < -0.39 is 0 Å². The molecule has 2 fully saturated rings. The molecule has 0 spiro atoms. The first-order valence-electron chi connectivity index (χ1n) is 7.50. The fourth-order valence-electron chi connectivity index (χ4n) is 3.27. The van der Waals surface area contributed by atoms with Crippen molar-refractivity contribution in [2.24, 2.45) is 11.8 Å². The fourth-order valence-corrected chi connectivity index (χ4v) is 3.27. The highest BCUT2D eigenvalue weighted by Crippen LogP contribution is 2.43. The maximum atomic E-state index is 11.9. The van der Waals surface area contributed by atoms with E-state index in [1.807, 2.05) is 7.05 Å². The number of amides is 1. The van der Waals surface area contributed by atoms with E-state index in [-0.39, 0.29) is 5.91 Å². The van der Waals surface area contributed by atoms with Gasteiger partial charge in [0.05, 0.1) is 0 Å². The van der Waals surface area contributed by atoms with Crippen molar-refractivity contribution < 1.29 is 4.79 Å². The van der Waals surface area contributed by atoms with Crippen molar-refractivity contribution in [2.45, 2.75) is 71.0 Å². The molecule has 3 heteroatoms. The van der Waals surface area contributed by atoms with Gasteiger partial charge < -0.3 is 10.2 Å². The molecule has 0 radical (unpaired) electrons. The van der Waals surface area contributed by atoms with E-state index in [4.69, 9.17) is 0 Å². The Hall–Kier alpha value is -0.570. The van der Waals surface area contributed by atoms with Crippen molar-refractivity contribution in [1.82, 2.24) is 10.2 Å². The van der Waals surface area contributed by atoms with Gasteiger partial charge in [0, 0.05) is 25.0 Å². The van der Waals surface area contributed by atoms with Crippen LogP contribution in [-0.2, 0) is 4.79 Å². The van der Waals surface area contributed by atoms with Crippen molar-refractivity contribution in [1.29, 1.82) is 0 Å². The second-order valence-corrected chi connectivity index (χ2v) is 6.32. The van der Waals surface area contributed by atoms with E-state index in [0.717, 1.165) is 5.92 Å². The summed E-state index contributed by atoms with van der Waals surface area (Å²) in [5, 5.41) is 3.34. The van der Waals surface area contributed by atoms with E-state index in [1.165, 1.54) is 32.1 Å². The smallest absolute Gasteiger partial charge is 0.219 e. The van der Waals surface area contributed by atoms with Gasteiger partial charge in [-0.2, -0.15) is 0 Å². The van der Waals surface area contributed by atoms with E-state index in [0.29, 0.717) is 24.0 Å². The molecule has 3 atom stereocenters. The minimum absolute atomic E-state index is 0.271. The highest BCUT2D eigenvalue weighted by atomic mass is 16.2. The molecule has 104 valence electrons. The van der Waals surface area contributed by atoms with Gasteiger partial charge in [0.15, 0.2) is 0 Å². The predicted octanol–water partition coefficient (Wildman–Crippen LogP) is 2.41. The topological polar surface area (TPSA) is 32.3 Å². The van der Waals surface area contributed by atoms with Crippen LogP contribution in [0.15, 0.2) is 0 Å². The van der Waals surface area contributed by atoms with Gasteiger partial charge in [-0.1, -0.05) is 0 Å². The summed E-state index contributed by atoms with van der Waals surface area (Å²) in [6, 6.07) is 1.51. The SMILES string of the molecule is CNC(C)CC(C1CC1)C(C)N(C(C)=O)C1CC1. The van der Waals surface area contributed by atoms with Crippen LogP contribution in [-0.4, -0.2) is 36.0 Å². The van der Waals surface area contributed by atoms with E-state index in [1.54, 1.807) is 6.92 Å². The normalized spacial score (nSPS) is 24.4. The Labute approximate surface area is 111 Å². The Morgan fingerprint density at radius 1 is 1.28 bits per heavy atom. The van der Waals surface area contributed by atoms with Gasteiger partial charge in [-0.15, -0.1) is 0 Å². The molecule has 0 saturated heterocycles. The molecule has 2 rings (SSSR count). The number of nitrogens with one attached hydrogen (secondary N) is 1. The second-order valence-electron chi connectivity index (χ2n) is 6.32. The molecule has 18 heavy (non-hydrogen) atoms. The predicted molar refractivity (Wildman–Crippen MR) is 74.4 cm³/mol. The van der Waals surface area contributed by atoms with Crippen LogP contribution in [0.3, 0.4) is 0 Å². The second kappa shape index (κ2) is 5.60. The molecule has 0 bridgehead atoms. The summed E-state index contributed by atoms with van der Waals surface area (Å²) in [5.41, 5.74) is 0. The maximum absolute atomic E-state index is 11.9. The molecule has 0 aromatic heterocycles. The van der Waals surface area contributed by atoms with E-state index in [9.17, 15) is 4.79 Å². The molecule has 1 amide bonds. The number of nitrogens with zero attached hydrogens (tertiary/aromatic N) is 1. The monoisotopic (exact) mass is 252 g/mol. The first-order chi connectivity index (χ1) is 8.54. The lowest BCUT2D eigenvalue weighted by Crippen LogP contribution is -2.45. The Morgan fingerprint density at radius 3 is 2.28 bits per heavy atom. The highest BCUT2D eigenvalue weighted by Gasteiger charge is 2.42. The van der Waals surface area contributed by atoms with Crippen molar-refractivity contribution >= 4 is 5.91 Å². The number of hydrogen-bond donors (Lipinski definition) is 1. The molecule has 2 saturated carbocycles. The van der Waals surface area contributed by atoms with Gasteiger partial charge in [-0.05, 0) is 64.8 Å². The molecular formula is C15H28N2O. The minimum atomic E-state index is 0.271. The molecule has 0 heterocycles. The number of hydrogen-bond acceptors (Lipinski definition) is 2. The fraction of sp³-hybridized carbons (Fsp3) is 0.933. The van der Waals surface area contributed by atoms with Crippen molar-refractivity contribution in [2.75, 3.05) is 7.05 Å². The summed E-state index contributed by atoms with van der Waals surface area (Å²) < 4.78 is 0. The third-order valence-corrected chi connectivity index (χ3v) is 4.71. The first-order valence-corrected chi connectivity index (χ1v) is 7.50. The Morgan fingerprint density at radius 2 is 1.89 bits per heavy atom. The largest absolute Gasteiger partial charge is 0.337 e. The van der Waals surface area contributed by atoms with Crippen molar-refractivity contribution in [3.8, 4) is 0 Å². The Balaban J connectivity index is 2.01. The first kappa shape index (κ1) is 13.9. The molecule has 0 aromatic rings. The van der Waals surface area contributed by atoms with E-state index in [2.05, 4.69) is 24.1 Å². The molecule has 3 unspecified atom stereocenters. The summed E-state index contributed by atoms with van der Waals surface area (Å²) in [4.78, 5) is 14.1. The molecule has 2 aliphatic rings. The molecule has 3 nitrogen and oxygen atoms in total. The van der Waals surface area contributed by atoms with Crippen LogP contribution in [0.25, 0.3) is 0 Å². The lowest BCUT2D eigenvalue weighted by Gasteiger charge is -2.36. The van der Waals surface area contributed by atoms with Gasteiger partial charge >= 0.3 is 0 Å². The van der Waals surface area contributed by atoms with Crippen LogP contribution in [0.1, 0.15) is 52.9 Å². The van der Waals surface area contributed by atoms with Crippen LogP contribution >= 0.6 is 0 Å². The average molecular weight is 252 g/mol. The molecule has 2 aliphatic carbocycles. The lowest BCUT2D eigenvalue weighted by molar-refractivity contribution is -0.132. The number of carbonyl (C=O) groups is 1. The zero-order chi connectivity index (χ0) is 13.3. The van der Waals surface area contributed by atoms with Gasteiger partial charge in [-0.3, -0.25) is 4.79 Å². The third-order valence-electron chi connectivity index (χ3n) is 4.71. The van der Waals surface area contributed by atoms with Gasteiger partial charge in [-0.25, -0.2) is 0 Å². The van der Waals surface area contributed by atoms with Crippen LogP contribution in [0.2, 0.25) is 0 Å². The van der Waals surface area contributed by atoms with Gasteiger partial charge in [0.25, 0.3) is 0 Å². The zero-order valence-electron chi connectivity index (χ0n) is 12.3. The number of rotatable bonds is 7. The van der Waals surface area contributed by atoms with Gasteiger partial charge in [0.1, 0.15) is 0 Å². The molecule has 1 N–H and O–H groups in total. The number of carbonyl (C=O) groups excluding carboxylic acids is 1. The van der Waals surface area contributed by atoms with Crippen LogP contribution in [0.4, 0.5) is 0 Å². The minimum Gasteiger partial charge on any atom is -0.337 e. The molecular weight excluding hydrogens is 224 g/mol. The summed E-state index contributed by atoms with van der Waals surface area (Å²) in [6.07, 6.45) is 6.34. The Kier molecular flexibility index (Phi) is 4.31. The zero-order valence-corrected chi connectivity index (χ0v) is 12.3. The Bertz CT molecular complexity index is 297. The van der Waals surface area contributed by atoms with Gasteiger partial charge in [0.2, 0.25) is 5.91 Å². The average Bonchev–Trinajstić information content (AvgIpc) is 3.15. The lowest BCUT2D eigenvalue weighted by atomic mass is 9.88. The summed E-state index contributed by atoms with van der Waals surface area (Å²) in [7, 11) is 2.03. The quantitative estimate of drug-likeness (QED) is 0.754. The maximum Gasteiger partial charge on any atom is 0.219 e.